The Morgan fingerprint density at radius 1 is 1.38 bits per heavy atom. The molecule has 0 bridgehead atoms. The van der Waals surface area contributed by atoms with Crippen molar-refractivity contribution >= 4 is 5.91 Å². The van der Waals surface area contributed by atoms with Gasteiger partial charge < -0.3 is 5.32 Å². The number of amides is 1. The Bertz CT molecular complexity index is 330. The molecular formula is C11H20N4O. The summed E-state index contributed by atoms with van der Waals surface area (Å²) in [6, 6.07) is 0. The van der Waals surface area contributed by atoms with Crippen LogP contribution in [-0.4, -0.2) is 27.6 Å². The van der Waals surface area contributed by atoms with Crippen LogP contribution in [0, 0.1) is 5.92 Å². The molecule has 1 aromatic heterocycles. The van der Waals surface area contributed by atoms with Crippen molar-refractivity contribution in [2.24, 2.45) is 5.92 Å². The van der Waals surface area contributed by atoms with Crippen LogP contribution in [0.2, 0.25) is 0 Å². The van der Waals surface area contributed by atoms with Gasteiger partial charge in [0.1, 0.15) is 5.82 Å². The van der Waals surface area contributed by atoms with Crippen molar-refractivity contribution in [1.29, 1.82) is 0 Å². The molecule has 5 heteroatoms. The van der Waals surface area contributed by atoms with Gasteiger partial charge in [0.25, 0.3) is 5.91 Å². The topological polar surface area (TPSA) is 70.7 Å². The third-order valence-corrected chi connectivity index (χ3v) is 2.78. The Hall–Kier alpha value is -1.39. The molecule has 90 valence electrons. The second-order valence-corrected chi connectivity index (χ2v) is 3.85. The van der Waals surface area contributed by atoms with Gasteiger partial charge in [0.15, 0.2) is 0 Å². The summed E-state index contributed by atoms with van der Waals surface area (Å²) in [6.45, 7) is 6.92. The van der Waals surface area contributed by atoms with Crippen molar-refractivity contribution in [3.63, 3.8) is 0 Å². The number of aromatic amines is 1. The van der Waals surface area contributed by atoms with E-state index in [1.807, 2.05) is 6.92 Å². The molecule has 0 spiro atoms. The van der Waals surface area contributed by atoms with Crippen LogP contribution in [0.5, 0.6) is 0 Å². The van der Waals surface area contributed by atoms with Gasteiger partial charge in [-0.3, -0.25) is 9.89 Å². The van der Waals surface area contributed by atoms with Gasteiger partial charge in [0.05, 0.1) is 0 Å². The maximum Gasteiger partial charge on any atom is 0.290 e. The normalized spacial score (nSPS) is 10.8. The van der Waals surface area contributed by atoms with Crippen LogP contribution in [0.1, 0.15) is 50.1 Å². The van der Waals surface area contributed by atoms with E-state index >= 15 is 0 Å². The molecule has 0 radical (unpaired) electrons. The average Bonchev–Trinajstić information content (AvgIpc) is 2.78. The highest BCUT2D eigenvalue weighted by molar-refractivity contribution is 5.90. The van der Waals surface area contributed by atoms with Gasteiger partial charge in [0.2, 0.25) is 5.82 Å². The summed E-state index contributed by atoms with van der Waals surface area (Å²) in [5.74, 6) is 1.33. The molecule has 0 saturated heterocycles. The van der Waals surface area contributed by atoms with Gasteiger partial charge in [-0.1, -0.05) is 33.6 Å². The zero-order valence-electron chi connectivity index (χ0n) is 10.2. The minimum atomic E-state index is -0.192. The lowest BCUT2D eigenvalue weighted by molar-refractivity contribution is 0.0936. The van der Waals surface area contributed by atoms with E-state index in [2.05, 4.69) is 34.3 Å². The molecule has 1 rings (SSSR count). The molecule has 16 heavy (non-hydrogen) atoms. The Balaban J connectivity index is 2.46. The predicted molar refractivity (Wildman–Crippen MR) is 62.2 cm³/mol. The maximum absolute atomic E-state index is 11.7. The number of aryl methyl sites for hydroxylation is 1. The first-order chi connectivity index (χ1) is 7.71. The van der Waals surface area contributed by atoms with E-state index in [1.165, 1.54) is 0 Å². The van der Waals surface area contributed by atoms with Gasteiger partial charge >= 0.3 is 0 Å². The standard InChI is InChI=1S/C11H20N4O/c1-4-8(5-2)7-12-11(16)10-13-9(6-3)14-15-10/h8H,4-7H2,1-3H3,(H,12,16)(H,13,14,15). The molecular weight excluding hydrogens is 204 g/mol. The number of rotatable bonds is 6. The first kappa shape index (κ1) is 12.7. The molecule has 0 aromatic carbocycles. The Morgan fingerprint density at radius 2 is 2.06 bits per heavy atom. The van der Waals surface area contributed by atoms with E-state index in [1.54, 1.807) is 0 Å². The van der Waals surface area contributed by atoms with Crippen LogP contribution in [-0.2, 0) is 6.42 Å². The van der Waals surface area contributed by atoms with Crippen LogP contribution < -0.4 is 5.32 Å². The summed E-state index contributed by atoms with van der Waals surface area (Å²) in [7, 11) is 0. The zero-order valence-corrected chi connectivity index (χ0v) is 10.2. The lowest BCUT2D eigenvalue weighted by Crippen LogP contribution is -2.29. The second-order valence-electron chi connectivity index (χ2n) is 3.85. The molecule has 0 fully saturated rings. The van der Waals surface area contributed by atoms with Gasteiger partial charge in [0, 0.05) is 13.0 Å². The Morgan fingerprint density at radius 3 is 2.56 bits per heavy atom. The second kappa shape index (κ2) is 6.25. The number of hydrogen-bond acceptors (Lipinski definition) is 3. The number of nitrogens with one attached hydrogen (secondary N) is 2. The first-order valence-electron chi connectivity index (χ1n) is 5.90. The van der Waals surface area contributed by atoms with Crippen molar-refractivity contribution in [1.82, 2.24) is 20.5 Å². The van der Waals surface area contributed by atoms with E-state index in [9.17, 15) is 4.79 Å². The van der Waals surface area contributed by atoms with Crippen molar-refractivity contribution in [2.45, 2.75) is 40.0 Å². The fraction of sp³-hybridized carbons (Fsp3) is 0.727. The maximum atomic E-state index is 11.7. The molecule has 0 unspecified atom stereocenters. The molecule has 0 aliphatic heterocycles. The Kier molecular flexibility index (Phi) is 4.95. The van der Waals surface area contributed by atoms with E-state index in [-0.39, 0.29) is 11.7 Å². The Labute approximate surface area is 96.0 Å². The van der Waals surface area contributed by atoms with Crippen molar-refractivity contribution < 1.29 is 4.79 Å². The van der Waals surface area contributed by atoms with Crippen LogP contribution in [0.15, 0.2) is 0 Å². The summed E-state index contributed by atoms with van der Waals surface area (Å²) in [6.07, 6.45) is 2.91. The van der Waals surface area contributed by atoms with Crippen LogP contribution >= 0.6 is 0 Å². The van der Waals surface area contributed by atoms with E-state index in [0.717, 1.165) is 25.1 Å². The summed E-state index contributed by atoms with van der Waals surface area (Å²) < 4.78 is 0. The highest BCUT2D eigenvalue weighted by Crippen LogP contribution is 2.05. The monoisotopic (exact) mass is 224 g/mol. The highest BCUT2D eigenvalue weighted by Gasteiger charge is 2.12. The zero-order chi connectivity index (χ0) is 12.0. The van der Waals surface area contributed by atoms with Gasteiger partial charge in [-0.2, -0.15) is 0 Å². The molecule has 1 heterocycles. The summed E-state index contributed by atoms with van der Waals surface area (Å²) in [5.41, 5.74) is 0. The third-order valence-electron chi connectivity index (χ3n) is 2.78. The highest BCUT2D eigenvalue weighted by atomic mass is 16.2. The van der Waals surface area contributed by atoms with E-state index in [4.69, 9.17) is 0 Å². The summed E-state index contributed by atoms with van der Waals surface area (Å²) in [4.78, 5) is 15.7. The van der Waals surface area contributed by atoms with Crippen molar-refractivity contribution in [3.8, 4) is 0 Å². The SMILES string of the molecule is CCc1nc(C(=O)NCC(CC)CC)n[nH]1. The molecule has 0 saturated carbocycles. The molecule has 1 aromatic rings. The third kappa shape index (κ3) is 3.32. The minimum Gasteiger partial charge on any atom is -0.349 e. The van der Waals surface area contributed by atoms with Gasteiger partial charge in [-0.25, -0.2) is 4.98 Å². The lowest BCUT2D eigenvalue weighted by atomic mass is 10.0. The molecule has 0 aliphatic rings. The predicted octanol–water partition coefficient (Wildman–Crippen LogP) is 1.53. The van der Waals surface area contributed by atoms with Crippen LogP contribution in [0.4, 0.5) is 0 Å². The number of aromatic nitrogens is 3. The first-order valence-corrected chi connectivity index (χ1v) is 5.90. The molecule has 0 aliphatic carbocycles. The van der Waals surface area contributed by atoms with Gasteiger partial charge in [-0.15, -0.1) is 5.10 Å². The van der Waals surface area contributed by atoms with E-state index in [0.29, 0.717) is 12.5 Å². The lowest BCUT2D eigenvalue weighted by Gasteiger charge is -2.11. The van der Waals surface area contributed by atoms with Crippen molar-refractivity contribution in [2.75, 3.05) is 6.54 Å². The van der Waals surface area contributed by atoms with Crippen molar-refractivity contribution in [3.05, 3.63) is 11.6 Å². The van der Waals surface area contributed by atoms with E-state index < -0.39 is 0 Å². The van der Waals surface area contributed by atoms with Crippen LogP contribution in [0.3, 0.4) is 0 Å². The molecule has 1 amide bonds. The molecule has 0 atom stereocenters. The number of carbonyl (C=O) groups excluding carboxylic acids is 1. The molecule has 5 nitrogen and oxygen atoms in total. The fourth-order valence-electron chi connectivity index (χ4n) is 1.45. The summed E-state index contributed by atoms with van der Waals surface area (Å²) in [5, 5.41) is 9.45. The number of carbonyl (C=O) groups is 1. The number of hydrogen-bond donors (Lipinski definition) is 2. The van der Waals surface area contributed by atoms with Crippen LogP contribution in [0.25, 0.3) is 0 Å². The fourth-order valence-corrected chi connectivity index (χ4v) is 1.45. The smallest absolute Gasteiger partial charge is 0.290 e. The number of nitrogens with zero attached hydrogens (tertiary/aromatic N) is 2. The summed E-state index contributed by atoms with van der Waals surface area (Å²) >= 11 is 0. The number of H-pyrrole nitrogens is 1. The minimum absolute atomic E-state index is 0.192. The molecule has 2 N–H and O–H groups in total. The average molecular weight is 224 g/mol. The largest absolute Gasteiger partial charge is 0.349 e. The quantitative estimate of drug-likeness (QED) is 0.769. The van der Waals surface area contributed by atoms with Gasteiger partial charge in [-0.05, 0) is 5.92 Å².